The molecule has 2 fully saturated rings. The molecule has 0 radical (unpaired) electrons. The SMILES string of the molecule is CN1CC[C@]23c4c5cccc4O[C@H]2[C@H](N(C)C(=O)C#Cc2ccccc2)CC[C@@]3(O)[C@H]1C5. The van der Waals surface area contributed by atoms with Gasteiger partial charge in [0.1, 0.15) is 11.9 Å². The lowest BCUT2D eigenvalue weighted by atomic mass is 9.48. The molecular weight excluding hydrogens is 400 g/mol. The van der Waals surface area contributed by atoms with Gasteiger partial charge in [0.25, 0.3) is 5.91 Å². The molecule has 2 aromatic carbocycles. The Bertz CT molecular complexity index is 1150. The number of rotatable bonds is 1. The smallest absolute Gasteiger partial charge is 0.298 e. The van der Waals surface area contributed by atoms with E-state index in [2.05, 4.69) is 35.9 Å². The number of likely N-dealkylation sites (tertiary alicyclic amines) is 1. The second kappa shape index (κ2) is 6.84. The maximum atomic E-state index is 13.1. The van der Waals surface area contributed by atoms with Gasteiger partial charge in [0.2, 0.25) is 0 Å². The molecule has 1 amide bonds. The standard InChI is InChI=1S/C27H28N2O3/c1-28-16-15-26-24-19-9-6-10-21(24)32-25(26)20(13-14-27(26,31)22(28)17-19)29(2)23(30)12-11-18-7-4-3-5-8-18/h3-10,20,22,25,31H,13-17H2,1-2H3/t20-,22-,25+,26+,27-/m1/s1. The highest BCUT2D eigenvalue weighted by Gasteiger charge is 2.72. The molecule has 6 rings (SSSR count). The summed E-state index contributed by atoms with van der Waals surface area (Å²) < 4.78 is 6.61. The fourth-order valence-corrected chi connectivity index (χ4v) is 6.98. The second-order valence-electron chi connectivity index (χ2n) is 9.81. The van der Waals surface area contributed by atoms with E-state index in [1.54, 1.807) is 4.90 Å². The third-order valence-corrected chi connectivity index (χ3v) is 8.50. The van der Waals surface area contributed by atoms with E-state index in [-0.39, 0.29) is 24.1 Å². The maximum Gasteiger partial charge on any atom is 0.298 e. The Balaban J connectivity index is 1.39. The highest BCUT2D eigenvalue weighted by atomic mass is 16.5. The Morgan fingerprint density at radius 2 is 2.00 bits per heavy atom. The van der Waals surface area contributed by atoms with Gasteiger partial charge in [-0.05, 0) is 63.0 Å². The molecule has 2 aliphatic heterocycles. The molecule has 1 saturated carbocycles. The Morgan fingerprint density at radius 1 is 1.19 bits per heavy atom. The molecule has 5 atom stereocenters. The Morgan fingerprint density at radius 3 is 2.81 bits per heavy atom. The lowest BCUT2D eigenvalue weighted by Gasteiger charge is -2.64. The number of hydrogen-bond acceptors (Lipinski definition) is 4. The number of carbonyl (C=O) groups excluding carboxylic acids is 1. The summed E-state index contributed by atoms with van der Waals surface area (Å²) >= 11 is 0. The van der Waals surface area contributed by atoms with Crippen LogP contribution < -0.4 is 4.74 Å². The average Bonchev–Trinajstić information content (AvgIpc) is 3.15. The van der Waals surface area contributed by atoms with Crippen molar-refractivity contribution in [1.29, 1.82) is 0 Å². The summed E-state index contributed by atoms with van der Waals surface area (Å²) in [6.45, 7) is 0.915. The molecule has 5 heteroatoms. The number of ether oxygens (including phenoxy) is 1. The van der Waals surface area contributed by atoms with Gasteiger partial charge in [-0.2, -0.15) is 0 Å². The fourth-order valence-electron chi connectivity index (χ4n) is 6.98. The van der Waals surface area contributed by atoms with Crippen molar-refractivity contribution in [2.75, 3.05) is 20.6 Å². The van der Waals surface area contributed by atoms with Crippen LogP contribution in [0.4, 0.5) is 0 Å². The zero-order chi connectivity index (χ0) is 22.1. The minimum atomic E-state index is -0.847. The van der Waals surface area contributed by atoms with Crippen molar-refractivity contribution in [3.05, 3.63) is 65.2 Å². The van der Waals surface area contributed by atoms with E-state index in [1.807, 2.05) is 43.4 Å². The Hall–Kier alpha value is -2.81. The number of piperidine rings is 1. The van der Waals surface area contributed by atoms with E-state index in [0.29, 0.717) is 12.8 Å². The number of benzene rings is 2. The predicted molar refractivity (Wildman–Crippen MR) is 121 cm³/mol. The van der Waals surface area contributed by atoms with E-state index in [1.165, 1.54) is 11.1 Å². The monoisotopic (exact) mass is 428 g/mol. The highest BCUT2D eigenvalue weighted by Crippen LogP contribution is 2.64. The van der Waals surface area contributed by atoms with Gasteiger partial charge >= 0.3 is 0 Å². The maximum absolute atomic E-state index is 13.1. The summed E-state index contributed by atoms with van der Waals surface area (Å²) in [6.07, 6.45) is 2.77. The summed E-state index contributed by atoms with van der Waals surface area (Å²) in [6, 6.07) is 15.8. The molecule has 164 valence electrons. The largest absolute Gasteiger partial charge is 0.487 e. The quantitative estimate of drug-likeness (QED) is 0.709. The van der Waals surface area contributed by atoms with Gasteiger partial charge in [0, 0.05) is 30.1 Å². The van der Waals surface area contributed by atoms with Gasteiger partial charge in [-0.3, -0.25) is 4.79 Å². The van der Waals surface area contributed by atoms with Gasteiger partial charge in [0.05, 0.1) is 17.1 Å². The van der Waals surface area contributed by atoms with Gasteiger partial charge in [0.15, 0.2) is 0 Å². The van der Waals surface area contributed by atoms with Crippen LogP contribution in [0.15, 0.2) is 48.5 Å². The van der Waals surface area contributed by atoms with Gasteiger partial charge in [-0.15, -0.1) is 0 Å². The van der Waals surface area contributed by atoms with Crippen LogP contribution in [0.5, 0.6) is 5.75 Å². The molecule has 5 nitrogen and oxygen atoms in total. The van der Waals surface area contributed by atoms with Crippen LogP contribution in [-0.4, -0.2) is 65.2 Å². The minimum Gasteiger partial charge on any atom is -0.487 e. The topological polar surface area (TPSA) is 53.0 Å². The summed E-state index contributed by atoms with van der Waals surface area (Å²) in [5.74, 6) is 6.48. The number of amides is 1. The third-order valence-electron chi connectivity index (χ3n) is 8.50. The third kappa shape index (κ3) is 2.45. The van der Waals surface area contributed by atoms with Crippen molar-refractivity contribution >= 4 is 5.91 Å². The van der Waals surface area contributed by atoms with E-state index < -0.39 is 11.0 Å². The van der Waals surface area contributed by atoms with Gasteiger partial charge in [-0.1, -0.05) is 36.3 Å². The highest BCUT2D eigenvalue weighted by molar-refractivity contribution is 5.94. The molecule has 2 bridgehead atoms. The van der Waals surface area contributed by atoms with Crippen LogP contribution in [0.2, 0.25) is 0 Å². The first kappa shape index (κ1) is 19.8. The Labute approximate surface area is 189 Å². The van der Waals surface area contributed by atoms with E-state index >= 15 is 0 Å². The summed E-state index contributed by atoms with van der Waals surface area (Å²) in [7, 11) is 3.95. The summed E-state index contributed by atoms with van der Waals surface area (Å²) in [5.41, 5.74) is 1.98. The number of hydrogen-bond donors (Lipinski definition) is 1. The number of carbonyl (C=O) groups is 1. The fraction of sp³-hybridized carbons (Fsp3) is 0.444. The van der Waals surface area contributed by atoms with E-state index in [0.717, 1.165) is 30.7 Å². The normalized spacial score (nSPS) is 34.0. The van der Waals surface area contributed by atoms with Gasteiger partial charge in [-0.25, -0.2) is 0 Å². The molecule has 32 heavy (non-hydrogen) atoms. The van der Waals surface area contributed by atoms with Crippen LogP contribution in [0, 0.1) is 11.8 Å². The zero-order valence-electron chi connectivity index (χ0n) is 18.5. The molecule has 1 N–H and O–H groups in total. The second-order valence-corrected chi connectivity index (χ2v) is 9.81. The Kier molecular flexibility index (Phi) is 4.24. The van der Waals surface area contributed by atoms with Crippen molar-refractivity contribution in [3.8, 4) is 17.6 Å². The van der Waals surface area contributed by atoms with Crippen LogP contribution in [-0.2, 0) is 16.6 Å². The van der Waals surface area contributed by atoms with Crippen LogP contribution in [0.3, 0.4) is 0 Å². The molecule has 1 saturated heterocycles. The molecule has 0 aromatic heterocycles. The van der Waals surface area contributed by atoms with Crippen LogP contribution in [0.1, 0.15) is 36.0 Å². The molecule has 4 aliphatic rings. The van der Waals surface area contributed by atoms with Crippen molar-refractivity contribution in [3.63, 3.8) is 0 Å². The number of likely N-dealkylation sites (N-methyl/N-ethyl adjacent to an activating group) is 2. The molecule has 1 spiro atoms. The first-order valence-corrected chi connectivity index (χ1v) is 11.5. The number of nitrogens with zero attached hydrogens (tertiary/aromatic N) is 2. The van der Waals surface area contributed by atoms with Crippen molar-refractivity contribution in [2.24, 2.45) is 0 Å². The molecule has 2 aromatic rings. The molecule has 2 aliphatic carbocycles. The van der Waals surface area contributed by atoms with E-state index in [9.17, 15) is 9.90 Å². The van der Waals surface area contributed by atoms with Crippen LogP contribution >= 0.6 is 0 Å². The van der Waals surface area contributed by atoms with Crippen molar-refractivity contribution in [1.82, 2.24) is 9.80 Å². The zero-order valence-corrected chi connectivity index (χ0v) is 18.5. The van der Waals surface area contributed by atoms with E-state index in [4.69, 9.17) is 4.74 Å². The van der Waals surface area contributed by atoms with Crippen molar-refractivity contribution in [2.45, 2.75) is 54.9 Å². The van der Waals surface area contributed by atoms with Gasteiger partial charge < -0.3 is 19.6 Å². The molecule has 2 heterocycles. The lowest BCUT2D eigenvalue weighted by Crippen LogP contribution is -2.77. The minimum absolute atomic E-state index is 0.0722. The molecular formula is C27H28N2O3. The van der Waals surface area contributed by atoms with Crippen molar-refractivity contribution < 1.29 is 14.6 Å². The first-order valence-electron chi connectivity index (χ1n) is 11.5. The lowest BCUT2D eigenvalue weighted by molar-refractivity contribution is -0.195. The first-order chi connectivity index (χ1) is 15.5. The predicted octanol–water partition coefficient (Wildman–Crippen LogP) is 2.35. The average molecular weight is 429 g/mol. The number of aliphatic hydroxyl groups is 1. The summed E-state index contributed by atoms with van der Waals surface area (Å²) in [4.78, 5) is 17.1. The molecule has 0 unspecified atom stereocenters. The summed E-state index contributed by atoms with van der Waals surface area (Å²) in [5, 5.41) is 12.2. The van der Waals surface area contributed by atoms with Crippen LogP contribution in [0.25, 0.3) is 0 Å².